The van der Waals surface area contributed by atoms with E-state index in [1.54, 1.807) is 6.07 Å². The van der Waals surface area contributed by atoms with Gasteiger partial charge < -0.3 is 10.4 Å². The Balaban J connectivity index is 1.93. The van der Waals surface area contributed by atoms with E-state index >= 15 is 0 Å². The van der Waals surface area contributed by atoms with Gasteiger partial charge in [0.2, 0.25) is 0 Å². The van der Waals surface area contributed by atoms with Crippen LogP contribution in [0.5, 0.6) is 5.75 Å². The fourth-order valence-corrected chi connectivity index (χ4v) is 3.79. The summed E-state index contributed by atoms with van der Waals surface area (Å²) >= 11 is 3.52. The van der Waals surface area contributed by atoms with Crippen LogP contribution in [0.15, 0.2) is 36.4 Å². The van der Waals surface area contributed by atoms with Gasteiger partial charge in [0.05, 0.1) is 11.1 Å². The summed E-state index contributed by atoms with van der Waals surface area (Å²) in [4.78, 5) is 12.5. The van der Waals surface area contributed by atoms with Crippen LogP contribution in [-0.4, -0.2) is 21.9 Å². The molecule has 110 valence electrons. The second-order valence-electron chi connectivity index (χ2n) is 5.76. The molecule has 1 fully saturated rings. The molecule has 0 bridgehead atoms. The number of halogens is 1. The van der Waals surface area contributed by atoms with E-state index in [4.69, 9.17) is 0 Å². The van der Waals surface area contributed by atoms with Crippen molar-refractivity contribution >= 4 is 32.6 Å². The van der Waals surface area contributed by atoms with E-state index in [2.05, 4.69) is 21.2 Å². The summed E-state index contributed by atoms with van der Waals surface area (Å²) in [5.41, 5.74) is 0.177. The SMILES string of the molecule is O=C(NC1(CBr)CCCC1)c1ccc2ccccc2c1O. The molecule has 0 saturated heterocycles. The van der Waals surface area contributed by atoms with E-state index in [0.29, 0.717) is 10.9 Å². The van der Waals surface area contributed by atoms with Crippen LogP contribution in [-0.2, 0) is 0 Å². The molecule has 4 heteroatoms. The Bertz CT molecular complexity index is 678. The molecule has 1 saturated carbocycles. The predicted molar refractivity (Wildman–Crippen MR) is 88.1 cm³/mol. The molecule has 2 N–H and O–H groups in total. The zero-order valence-electron chi connectivity index (χ0n) is 11.7. The summed E-state index contributed by atoms with van der Waals surface area (Å²) in [5.74, 6) is -0.132. The first-order valence-electron chi connectivity index (χ1n) is 7.24. The van der Waals surface area contributed by atoms with E-state index in [1.165, 1.54) is 0 Å². The van der Waals surface area contributed by atoms with Gasteiger partial charge in [0, 0.05) is 10.7 Å². The molecular weight excluding hydrogens is 330 g/mol. The average Bonchev–Trinajstić information content (AvgIpc) is 2.97. The second kappa shape index (κ2) is 5.68. The number of nitrogens with one attached hydrogen (secondary N) is 1. The Hall–Kier alpha value is -1.55. The Labute approximate surface area is 132 Å². The quantitative estimate of drug-likeness (QED) is 0.825. The summed E-state index contributed by atoms with van der Waals surface area (Å²) in [5, 5.41) is 15.9. The largest absolute Gasteiger partial charge is 0.506 e. The molecule has 0 heterocycles. The average molecular weight is 348 g/mol. The molecule has 2 aromatic rings. The standard InChI is InChI=1S/C17H18BrNO2/c18-11-17(9-3-4-10-17)19-16(21)14-8-7-12-5-1-2-6-13(12)15(14)20/h1-2,5-8,20H,3-4,9-11H2,(H,19,21). The molecule has 0 aliphatic heterocycles. The van der Waals surface area contributed by atoms with Crippen molar-refractivity contribution in [3.63, 3.8) is 0 Å². The highest BCUT2D eigenvalue weighted by Gasteiger charge is 2.34. The molecule has 0 atom stereocenters. The molecule has 1 aliphatic rings. The number of hydrogen-bond donors (Lipinski definition) is 2. The van der Waals surface area contributed by atoms with Crippen LogP contribution < -0.4 is 5.32 Å². The second-order valence-corrected chi connectivity index (χ2v) is 6.32. The van der Waals surface area contributed by atoms with Crippen molar-refractivity contribution in [3.05, 3.63) is 42.0 Å². The number of phenols is 1. The minimum atomic E-state index is -0.195. The normalized spacial score (nSPS) is 17.0. The highest BCUT2D eigenvalue weighted by molar-refractivity contribution is 9.09. The van der Waals surface area contributed by atoms with Crippen LogP contribution in [0.2, 0.25) is 0 Å². The van der Waals surface area contributed by atoms with Crippen molar-refractivity contribution in [1.82, 2.24) is 5.32 Å². The van der Waals surface area contributed by atoms with Gasteiger partial charge in [-0.1, -0.05) is 59.1 Å². The van der Waals surface area contributed by atoms with E-state index in [0.717, 1.165) is 36.4 Å². The summed E-state index contributed by atoms with van der Waals surface area (Å²) in [7, 11) is 0. The van der Waals surface area contributed by atoms with Crippen LogP contribution in [0.4, 0.5) is 0 Å². The Morgan fingerprint density at radius 3 is 2.62 bits per heavy atom. The van der Waals surface area contributed by atoms with Gasteiger partial charge in [-0.2, -0.15) is 0 Å². The van der Waals surface area contributed by atoms with Gasteiger partial charge in [0.1, 0.15) is 5.75 Å². The number of fused-ring (bicyclic) bond motifs is 1. The smallest absolute Gasteiger partial charge is 0.255 e. The summed E-state index contributed by atoms with van der Waals surface area (Å²) in [6.45, 7) is 0. The van der Waals surface area contributed by atoms with Crippen LogP contribution in [0, 0.1) is 0 Å². The highest BCUT2D eigenvalue weighted by atomic mass is 79.9. The van der Waals surface area contributed by atoms with Crippen molar-refractivity contribution in [3.8, 4) is 5.75 Å². The first kappa shape index (κ1) is 14.4. The number of aromatic hydroxyl groups is 1. The van der Waals surface area contributed by atoms with Crippen molar-refractivity contribution in [1.29, 1.82) is 0 Å². The molecule has 0 radical (unpaired) electrons. The number of rotatable bonds is 3. The van der Waals surface area contributed by atoms with Gasteiger partial charge >= 0.3 is 0 Å². The minimum Gasteiger partial charge on any atom is -0.506 e. The number of carbonyl (C=O) groups is 1. The van der Waals surface area contributed by atoms with E-state index in [-0.39, 0.29) is 17.2 Å². The third kappa shape index (κ3) is 2.64. The number of carbonyl (C=O) groups excluding carboxylic acids is 1. The van der Waals surface area contributed by atoms with Crippen molar-refractivity contribution in [2.75, 3.05) is 5.33 Å². The maximum atomic E-state index is 12.5. The van der Waals surface area contributed by atoms with Crippen molar-refractivity contribution in [2.45, 2.75) is 31.2 Å². The van der Waals surface area contributed by atoms with E-state index in [9.17, 15) is 9.90 Å². The lowest BCUT2D eigenvalue weighted by atomic mass is 9.99. The molecule has 3 nitrogen and oxygen atoms in total. The predicted octanol–water partition coefficient (Wildman–Crippen LogP) is 3.98. The van der Waals surface area contributed by atoms with Gasteiger partial charge in [-0.3, -0.25) is 4.79 Å². The lowest BCUT2D eigenvalue weighted by molar-refractivity contribution is 0.0908. The maximum Gasteiger partial charge on any atom is 0.255 e. The van der Waals surface area contributed by atoms with Gasteiger partial charge in [0.15, 0.2) is 0 Å². The van der Waals surface area contributed by atoms with Gasteiger partial charge in [-0.25, -0.2) is 0 Å². The van der Waals surface area contributed by atoms with E-state index < -0.39 is 0 Å². The van der Waals surface area contributed by atoms with Crippen LogP contribution >= 0.6 is 15.9 Å². The highest BCUT2D eigenvalue weighted by Crippen LogP contribution is 2.33. The molecule has 0 aromatic heterocycles. The van der Waals surface area contributed by atoms with Crippen LogP contribution in [0.1, 0.15) is 36.0 Å². The van der Waals surface area contributed by atoms with Crippen LogP contribution in [0.3, 0.4) is 0 Å². The Kier molecular flexibility index (Phi) is 3.89. The molecule has 0 spiro atoms. The zero-order chi connectivity index (χ0) is 14.9. The topological polar surface area (TPSA) is 49.3 Å². The first-order valence-corrected chi connectivity index (χ1v) is 8.37. The third-order valence-electron chi connectivity index (χ3n) is 4.34. The molecule has 1 aliphatic carbocycles. The molecule has 1 amide bonds. The van der Waals surface area contributed by atoms with Crippen molar-refractivity contribution < 1.29 is 9.90 Å². The lowest BCUT2D eigenvalue weighted by Crippen LogP contribution is -2.47. The summed E-state index contributed by atoms with van der Waals surface area (Å²) in [6.07, 6.45) is 4.24. The van der Waals surface area contributed by atoms with Gasteiger partial charge in [0.25, 0.3) is 5.91 Å². The number of alkyl halides is 1. The van der Waals surface area contributed by atoms with Gasteiger partial charge in [-0.15, -0.1) is 0 Å². The molecule has 2 aromatic carbocycles. The number of hydrogen-bond acceptors (Lipinski definition) is 2. The fourth-order valence-electron chi connectivity index (χ4n) is 3.09. The fraction of sp³-hybridized carbons (Fsp3) is 0.353. The molecule has 3 rings (SSSR count). The lowest BCUT2D eigenvalue weighted by Gasteiger charge is -2.28. The summed E-state index contributed by atoms with van der Waals surface area (Å²) in [6, 6.07) is 11.1. The Morgan fingerprint density at radius 1 is 1.19 bits per heavy atom. The monoisotopic (exact) mass is 347 g/mol. The first-order chi connectivity index (χ1) is 10.2. The Morgan fingerprint density at radius 2 is 1.90 bits per heavy atom. The molecule has 0 unspecified atom stereocenters. The number of phenolic OH excluding ortho intramolecular Hbond substituents is 1. The minimum absolute atomic E-state index is 0.0633. The van der Waals surface area contributed by atoms with Crippen LogP contribution in [0.25, 0.3) is 10.8 Å². The molecular formula is C17H18BrNO2. The molecule has 21 heavy (non-hydrogen) atoms. The maximum absolute atomic E-state index is 12.5. The van der Waals surface area contributed by atoms with E-state index in [1.807, 2.05) is 30.3 Å². The van der Waals surface area contributed by atoms with Crippen molar-refractivity contribution in [2.24, 2.45) is 0 Å². The third-order valence-corrected chi connectivity index (χ3v) is 5.41. The summed E-state index contributed by atoms with van der Waals surface area (Å²) < 4.78 is 0. The number of amides is 1. The number of benzene rings is 2. The van der Waals surface area contributed by atoms with Gasteiger partial charge in [-0.05, 0) is 24.3 Å². The zero-order valence-corrected chi connectivity index (χ0v) is 13.3.